The summed E-state index contributed by atoms with van der Waals surface area (Å²) in [6, 6.07) is 6.23. The van der Waals surface area contributed by atoms with Crippen LogP contribution < -0.4 is 16.4 Å². The van der Waals surface area contributed by atoms with E-state index >= 15 is 0 Å². The van der Waals surface area contributed by atoms with Crippen molar-refractivity contribution in [1.29, 1.82) is 0 Å². The van der Waals surface area contributed by atoms with Crippen LogP contribution in [0.5, 0.6) is 0 Å². The van der Waals surface area contributed by atoms with E-state index in [0.717, 1.165) is 4.68 Å². The molecule has 0 fully saturated rings. The first-order chi connectivity index (χ1) is 13.4. The minimum atomic E-state index is -0.865. The fourth-order valence-electron chi connectivity index (χ4n) is 2.57. The number of ether oxygens (including phenoxy) is 1. The van der Waals surface area contributed by atoms with Gasteiger partial charge in [0.1, 0.15) is 6.54 Å². The third-order valence-electron chi connectivity index (χ3n) is 3.97. The van der Waals surface area contributed by atoms with Crippen molar-refractivity contribution in [2.75, 3.05) is 26.2 Å². The number of amides is 2. The molecule has 1 aromatic heterocycles. The summed E-state index contributed by atoms with van der Waals surface area (Å²) in [7, 11) is 0. The highest BCUT2D eigenvalue weighted by Gasteiger charge is 2.18. The summed E-state index contributed by atoms with van der Waals surface area (Å²) in [5.41, 5.74) is -1.07. The van der Waals surface area contributed by atoms with E-state index in [1.54, 1.807) is 26.0 Å². The second-order valence-corrected chi connectivity index (χ2v) is 5.90. The lowest BCUT2D eigenvalue weighted by Gasteiger charge is -2.20. The number of carbonyl (C=O) groups is 3. The second-order valence-electron chi connectivity index (χ2n) is 5.90. The standard InChI is InChI=1S/C18H22N4O6/c1-3-19-14(23)9-21(4-2)15(24)11-28-16(25)10-22-18(27)13-8-6-5-7-12(13)17(26)20-22/h5-8H,3-4,9-11H2,1-2H3,(H,19,23)(H,20,26). The maximum atomic E-state index is 12.4. The second kappa shape index (κ2) is 9.49. The Morgan fingerprint density at radius 3 is 2.46 bits per heavy atom. The Kier molecular flexibility index (Phi) is 7.08. The Balaban J connectivity index is 2.01. The summed E-state index contributed by atoms with van der Waals surface area (Å²) in [5.74, 6) is -1.72. The number of hydrogen-bond donors (Lipinski definition) is 2. The molecular formula is C18H22N4O6. The number of rotatable bonds is 8. The molecule has 0 spiro atoms. The number of fused-ring (bicyclic) bond motifs is 1. The topological polar surface area (TPSA) is 131 Å². The van der Waals surface area contributed by atoms with E-state index in [4.69, 9.17) is 4.74 Å². The molecule has 0 atom stereocenters. The number of benzene rings is 1. The van der Waals surface area contributed by atoms with E-state index in [1.165, 1.54) is 17.0 Å². The van der Waals surface area contributed by atoms with Crippen LogP contribution in [-0.4, -0.2) is 58.7 Å². The number of nitrogens with one attached hydrogen (secondary N) is 2. The van der Waals surface area contributed by atoms with Gasteiger partial charge >= 0.3 is 5.97 Å². The normalized spacial score (nSPS) is 10.5. The molecule has 0 bridgehead atoms. The highest BCUT2D eigenvalue weighted by molar-refractivity contribution is 5.86. The molecule has 0 unspecified atom stereocenters. The SMILES string of the molecule is CCNC(=O)CN(CC)C(=O)COC(=O)Cn1[nH]c(=O)c2ccccc2c1=O. The molecule has 0 saturated carbocycles. The van der Waals surface area contributed by atoms with Gasteiger partial charge in [0.25, 0.3) is 17.0 Å². The molecule has 0 radical (unpaired) electrons. The monoisotopic (exact) mass is 390 g/mol. The highest BCUT2D eigenvalue weighted by Crippen LogP contribution is 2.02. The number of H-pyrrole nitrogens is 1. The summed E-state index contributed by atoms with van der Waals surface area (Å²) in [6.45, 7) is 2.91. The van der Waals surface area contributed by atoms with Gasteiger partial charge in [0.05, 0.1) is 17.3 Å². The van der Waals surface area contributed by atoms with Gasteiger partial charge in [0, 0.05) is 13.1 Å². The zero-order chi connectivity index (χ0) is 20.7. The third-order valence-corrected chi connectivity index (χ3v) is 3.97. The average molecular weight is 390 g/mol. The zero-order valence-electron chi connectivity index (χ0n) is 15.7. The van der Waals surface area contributed by atoms with Crippen LogP contribution in [0, 0.1) is 0 Å². The molecule has 2 aromatic rings. The average Bonchev–Trinajstić information content (AvgIpc) is 2.68. The molecule has 0 aliphatic carbocycles. The minimum absolute atomic E-state index is 0.141. The van der Waals surface area contributed by atoms with Crippen molar-refractivity contribution in [3.63, 3.8) is 0 Å². The van der Waals surface area contributed by atoms with E-state index in [-0.39, 0.29) is 29.8 Å². The van der Waals surface area contributed by atoms with Crippen molar-refractivity contribution in [3.8, 4) is 0 Å². The first-order valence-electron chi connectivity index (χ1n) is 8.79. The van der Waals surface area contributed by atoms with Crippen LogP contribution >= 0.6 is 0 Å². The molecule has 0 aliphatic rings. The summed E-state index contributed by atoms with van der Waals surface area (Å²) in [6.07, 6.45) is 0. The first kappa shape index (κ1) is 20.9. The summed E-state index contributed by atoms with van der Waals surface area (Å²) in [5, 5.41) is 5.28. The predicted molar refractivity (Wildman–Crippen MR) is 101 cm³/mol. The van der Waals surface area contributed by atoms with Crippen LogP contribution in [0.1, 0.15) is 13.8 Å². The van der Waals surface area contributed by atoms with Gasteiger partial charge in [-0.15, -0.1) is 0 Å². The van der Waals surface area contributed by atoms with E-state index in [0.29, 0.717) is 6.54 Å². The first-order valence-corrected chi connectivity index (χ1v) is 8.79. The third kappa shape index (κ3) is 5.06. The van der Waals surface area contributed by atoms with Gasteiger partial charge in [-0.3, -0.25) is 29.1 Å². The van der Waals surface area contributed by atoms with Crippen molar-refractivity contribution in [3.05, 3.63) is 45.0 Å². The largest absolute Gasteiger partial charge is 0.454 e. The van der Waals surface area contributed by atoms with Gasteiger partial charge in [-0.2, -0.15) is 0 Å². The Hall–Kier alpha value is -3.43. The lowest BCUT2D eigenvalue weighted by atomic mass is 10.2. The number of esters is 1. The Morgan fingerprint density at radius 1 is 1.14 bits per heavy atom. The van der Waals surface area contributed by atoms with Gasteiger partial charge in [-0.05, 0) is 26.0 Å². The minimum Gasteiger partial charge on any atom is -0.454 e. The van der Waals surface area contributed by atoms with Crippen LogP contribution in [0.15, 0.2) is 33.9 Å². The fraction of sp³-hybridized carbons (Fsp3) is 0.389. The number of likely N-dealkylation sites (N-methyl/N-ethyl adjacent to an activating group) is 2. The van der Waals surface area contributed by atoms with Crippen LogP contribution in [-0.2, 0) is 25.7 Å². The number of aromatic amines is 1. The van der Waals surface area contributed by atoms with E-state index < -0.39 is 36.1 Å². The molecule has 28 heavy (non-hydrogen) atoms. The van der Waals surface area contributed by atoms with Crippen LogP contribution in [0.2, 0.25) is 0 Å². The van der Waals surface area contributed by atoms with Gasteiger partial charge in [-0.1, -0.05) is 12.1 Å². The molecular weight excluding hydrogens is 368 g/mol. The molecule has 1 heterocycles. The molecule has 2 N–H and O–H groups in total. The van der Waals surface area contributed by atoms with Crippen LogP contribution in [0.4, 0.5) is 0 Å². The molecule has 2 rings (SSSR count). The van der Waals surface area contributed by atoms with E-state index in [1.807, 2.05) is 0 Å². The summed E-state index contributed by atoms with van der Waals surface area (Å²) < 4.78 is 5.73. The number of carbonyl (C=O) groups excluding carboxylic acids is 3. The van der Waals surface area contributed by atoms with E-state index in [2.05, 4.69) is 10.4 Å². The number of nitrogens with zero attached hydrogens (tertiary/aromatic N) is 2. The maximum absolute atomic E-state index is 12.4. The Morgan fingerprint density at radius 2 is 1.82 bits per heavy atom. The number of aromatic nitrogens is 2. The molecule has 0 aliphatic heterocycles. The van der Waals surface area contributed by atoms with Gasteiger partial charge in [0.15, 0.2) is 6.61 Å². The van der Waals surface area contributed by atoms with Crippen molar-refractivity contribution in [2.45, 2.75) is 20.4 Å². The lowest BCUT2D eigenvalue weighted by molar-refractivity contribution is -0.153. The van der Waals surface area contributed by atoms with Crippen LogP contribution in [0.25, 0.3) is 10.8 Å². The van der Waals surface area contributed by atoms with E-state index in [9.17, 15) is 24.0 Å². The number of hydrogen-bond acceptors (Lipinski definition) is 6. The maximum Gasteiger partial charge on any atom is 0.328 e. The van der Waals surface area contributed by atoms with Gasteiger partial charge in [0.2, 0.25) is 5.91 Å². The fourth-order valence-corrected chi connectivity index (χ4v) is 2.57. The smallest absolute Gasteiger partial charge is 0.328 e. The molecule has 1 aromatic carbocycles. The van der Waals surface area contributed by atoms with Crippen molar-refractivity contribution in [1.82, 2.24) is 20.0 Å². The Labute approximate surface area is 160 Å². The van der Waals surface area contributed by atoms with Crippen molar-refractivity contribution >= 4 is 28.6 Å². The van der Waals surface area contributed by atoms with Crippen LogP contribution in [0.3, 0.4) is 0 Å². The van der Waals surface area contributed by atoms with Gasteiger partial charge in [-0.25, -0.2) is 4.68 Å². The zero-order valence-corrected chi connectivity index (χ0v) is 15.7. The van der Waals surface area contributed by atoms with Gasteiger partial charge < -0.3 is 15.0 Å². The quantitative estimate of drug-likeness (QED) is 0.569. The highest BCUT2D eigenvalue weighted by atomic mass is 16.5. The molecule has 2 amide bonds. The summed E-state index contributed by atoms with van der Waals surface area (Å²) in [4.78, 5) is 61.3. The van der Waals surface area contributed by atoms with Crippen molar-refractivity contribution < 1.29 is 19.1 Å². The lowest BCUT2D eigenvalue weighted by Crippen LogP contribution is -2.42. The molecule has 10 heteroatoms. The molecule has 10 nitrogen and oxygen atoms in total. The summed E-state index contributed by atoms with van der Waals surface area (Å²) >= 11 is 0. The molecule has 150 valence electrons. The molecule has 0 saturated heterocycles. The predicted octanol–water partition coefficient (Wildman–Crippen LogP) is -0.782. The van der Waals surface area contributed by atoms with Crippen molar-refractivity contribution in [2.24, 2.45) is 0 Å². The Bertz CT molecular complexity index is 993.